The van der Waals surface area contributed by atoms with Crippen molar-refractivity contribution in [1.29, 1.82) is 0 Å². The summed E-state index contributed by atoms with van der Waals surface area (Å²) in [5.74, 6) is 1.04. The number of nitrogens with one attached hydrogen (secondary N) is 2. The van der Waals surface area contributed by atoms with Gasteiger partial charge in [0.2, 0.25) is 11.7 Å². The molecule has 0 aliphatic carbocycles. The van der Waals surface area contributed by atoms with Crippen molar-refractivity contribution in [3.05, 3.63) is 37.2 Å². The highest BCUT2D eigenvalue weighted by Gasteiger charge is 2.16. The normalized spacial score (nSPS) is 12.1. The SMILES string of the molecule is CC(C)(F)CNc1ncc2c(-c3cnc4nccn4c3)c[nH]c2n1. The van der Waals surface area contributed by atoms with Gasteiger partial charge in [0.15, 0.2) is 0 Å². The van der Waals surface area contributed by atoms with Crippen molar-refractivity contribution in [2.24, 2.45) is 0 Å². The number of H-pyrrole nitrogens is 1. The molecule has 0 aromatic carbocycles. The molecule has 4 aromatic heterocycles. The first-order valence-electron chi connectivity index (χ1n) is 7.56. The molecule has 4 aromatic rings. The van der Waals surface area contributed by atoms with Gasteiger partial charge in [0.05, 0.1) is 6.54 Å². The number of fused-ring (bicyclic) bond motifs is 2. The Labute approximate surface area is 137 Å². The largest absolute Gasteiger partial charge is 0.351 e. The number of halogens is 1. The number of anilines is 1. The van der Waals surface area contributed by atoms with Gasteiger partial charge < -0.3 is 10.3 Å². The van der Waals surface area contributed by atoms with Crippen LogP contribution in [-0.4, -0.2) is 41.5 Å². The van der Waals surface area contributed by atoms with Gasteiger partial charge in [0.25, 0.3) is 0 Å². The number of nitrogens with zero attached hydrogens (tertiary/aromatic N) is 5. The summed E-state index contributed by atoms with van der Waals surface area (Å²) in [6.45, 7) is 3.16. The van der Waals surface area contributed by atoms with Crippen LogP contribution < -0.4 is 5.32 Å². The maximum Gasteiger partial charge on any atom is 0.233 e. The van der Waals surface area contributed by atoms with E-state index in [4.69, 9.17) is 0 Å². The summed E-state index contributed by atoms with van der Waals surface area (Å²) in [7, 11) is 0. The second kappa shape index (κ2) is 5.26. The van der Waals surface area contributed by atoms with E-state index in [0.717, 1.165) is 16.5 Å². The molecule has 0 aliphatic heterocycles. The van der Waals surface area contributed by atoms with E-state index in [0.29, 0.717) is 17.4 Å². The van der Waals surface area contributed by atoms with Gasteiger partial charge in [-0.05, 0) is 13.8 Å². The van der Waals surface area contributed by atoms with E-state index in [-0.39, 0.29) is 6.54 Å². The van der Waals surface area contributed by atoms with Crippen LogP contribution in [0.1, 0.15) is 13.8 Å². The van der Waals surface area contributed by atoms with Crippen molar-refractivity contribution in [1.82, 2.24) is 29.3 Å². The fourth-order valence-corrected chi connectivity index (χ4v) is 2.48. The molecule has 24 heavy (non-hydrogen) atoms. The highest BCUT2D eigenvalue weighted by Crippen LogP contribution is 2.27. The molecular formula is C16H16FN7. The Hall–Kier alpha value is -3.03. The van der Waals surface area contributed by atoms with Gasteiger partial charge in [-0.15, -0.1) is 0 Å². The van der Waals surface area contributed by atoms with Crippen molar-refractivity contribution >= 4 is 22.8 Å². The zero-order valence-electron chi connectivity index (χ0n) is 13.3. The van der Waals surface area contributed by atoms with Crippen LogP contribution in [0.25, 0.3) is 27.9 Å². The zero-order chi connectivity index (χ0) is 16.7. The lowest BCUT2D eigenvalue weighted by Gasteiger charge is -2.14. The van der Waals surface area contributed by atoms with Crippen molar-refractivity contribution in [3.63, 3.8) is 0 Å². The van der Waals surface area contributed by atoms with E-state index in [2.05, 4.69) is 30.2 Å². The number of hydrogen-bond donors (Lipinski definition) is 2. The molecule has 122 valence electrons. The van der Waals surface area contributed by atoms with Crippen LogP contribution in [0.2, 0.25) is 0 Å². The average Bonchev–Trinajstić information content (AvgIpc) is 3.17. The molecule has 4 heterocycles. The van der Waals surface area contributed by atoms with Crippen LogP contribution in [0.15, 0.2) is 37.2 Å². The van der Waals surface area contributed by atoms with E-state index in [1.54, 1.807) is 18.6 Å². The van der Waals surface area contributed by atoms with Gasteiger partial charge in [-0.25, -0.2) is 19.3 Å². The zero-order valence-corrected chi connectivity index (χ0v) is 13.3. The number of alkyl halides is 1. The molecule has 7 nitrogen and oxygen atoms in total. The van der Waals surface area contributed by atoms with Crippen molar-refractivity contribution in [2.75, 3.05) is 11.9 Å². The van der Waals surface area contributed by atoms with E-state index in [1.165, 1.54) is 13.8 Å². The van der Waals surface area contributed by atoms with Crippen molar-refractivity contribution in [2.45, 2.75) is 19.5 Å². The molecule has 0 unspecified atom stereocenters. The lowest BCUT2D eigenvalue weighted by molar-refractivity contribution is 0.234. The quantitative estimate of drug-likeness (QED) is 0.603. The van der Waals surface area contributed by atoms with Crippen LogP contribution in [0, 0.1) is 0 Å². The van der Waals surface area contributed by atoms with E-state index < -0.39 is 5.67 Å². The monoisotopic (exact) mass is 325 g/mol. The van der Waals surface area contributed by atoms with Crippen LogP contribution in [0.3, 0.4) is 0 Å². The second-order valence-corrected chi connectivity index (χ2v) is 6.21. The Kier molecular flexibility index (Phi) is 3.19. The average molecular weight is 325 g/mol. The van der Waals surface area contributed by atoms with E-state index in [1.807, 2.05) is 23.0 Å². The third-order valence-corrected chi connectivity index (χ3v) is 3.66. The van der Waals surface area contributed by atoms with Gasteiger partial charge in [-0.1, -0.05) is 0 Å². The molecular weight excluding hydrogens is 309 g/mol. The Morgan fingerprint density at radius 2 is 2.12 bits per heavy atom. The minimum absolute atomic E-state index is 0.146. The third kappa shape index (κ3) is 2.66. The summed E-state index contributed by atoms with van der Waals surface area (Å²) in [6.07, 6.45) is 10.9. The predicted octanol–water partition coefficient (Wildman–Crippen LogP) is 2.83. The standard InChI is InChI=1S/C16H16FN7/c1-16(2,17)9-22-14-20-7-12-11(6-19-13(12)23-14)10-5-21-15-18-3-4-24(15)8-10/h3-8H,9H2,1-2H3,(H2,19,20,22,23). The number of aromatic amines is 1. The maximum atomic E-state index is 13.6. The summed E-state index contributed by atoms with van der Waals surface area (Å²) in [5.41, 5.74) is 1.24. The fourth-order valence-electron chi connectivity index (χ4n) is 2.48. The number of hydrogen-bond acceptors (Lipinski definition) is 5. The molecule has 0 aliphatic rings. The van der Waals surface area contributed by atoms with Crippen LogP contribution in [0.5, 0.6) is 0 Å². The number of rotatable bonds is 4. The maximum absolute atomic E-state index is 13.6. The van der Waals surface area contributed by atoms with E-state index in [9.17, 15) is 4.39 Å². The Balaban J connectivity index is 1.69. The first-order valence-corrected chi connectivity index (χ1v) is 7.56. The van der Waals surface area contributed by atoms with Gasteiger partial charge in [0.1, 0.15) is 11.3 Å². The van der Waals surface area contributed by atoms with Crippen molar-refractivity contribution < 1.29 is 4.39 Å². The highest BCUT2D eigenvalue weighted by atomic mass is 19.1. The number of aromatic nitrogens is 6. The first kappa shape index (κ1) is 14.6. The minimum Gasteiger partial charge on any atom is -0.351 e. The third-order valence-electron chi connectivity index (χ3n) is 3.66. The lowest BCUT2D eigenvalue weighted by atomic mass is 10.1. The molecule has 4 rings (SSSR count). The first-order chi connectivity index (χ1) is 11.5. The topological polar surface area (TPSA) is 83.8 Å². The summed E-state index contributed by atoms with van der Waals surface area (Å²) in [5, 5.41) is 3.78. The lowest BCUT2D eigenvalue weighted by Crippen LogP contribution is -2.25. The van der Waals surface area contributed by atoms with Gasteiger partial charge in [-0.2, -0.15) is 4.98 Å². The molecule has 0 saturated heterocycles. The molecule has 0 radical (unpaired) electrons. The van der Waals surface area contributed by atoms with Gasteiger partial charge in [-0.3, -0.25) is 4.40 Å². The molecule has 0 amide bonds. The summed E-state index contributed by atoms with van der Waals surface area (Å²) in [4.78, 5) is 20.3. The molecule has 0 bridgehead atoms. The molecule has 2 N–H and O–H groups in total. The van der Waals surface area contributed by atoms with Gasteiger partial charge >= 0.3 is 0 Å². The molecule has 8 heteroatoms. The molecule has 0 spiro atoms. The van der Waals surface area contributed by atoms with Crippen LogP contribution in [-0.2, 0) is 0 Å². The fraction of sp³-hybridized carbons (Fsp3) is 0.250. The minimum atomic E-state index is -1.33. The van der Waals surface area contributed by atoms with Crippen LogP contribution in [0.4, 0.5) is 10.3 Å². The Bertz CT molecular complexity index is 1010. The summed E-state index contributed by atoms with van der Waals surface area (Å²) < 4.78 is 15.4. The van der Waals surface area contributed by atoms with Gasteiger partial charge in [0, 0.05) is 53.7 Å². The molecule has 0 fully saturated rings. The molecule has 0 atom stereocenters. The summed E-state index contributed by atoms with van der Waals surface area (Å²) in [6, 6.07) is 0. The van der Waals surface area contributed by atoms with Crippen molar-refractivity contribution in [3.8, 4) is 11.1 Å². The molecule has 0 saturated carbocycles. The van der Waals surface area contributed by atoms with E-state index >= 15 is 0 Å². The van der Waals surface area contributed by atoms with Crippen LogP contribution >= 0.6 is 0 Å². The second-order valence-electron chi connectivity index (χ2n) is 6.21. The summed E-state index contributed by atoms with van der Waals surface area (Å²) >= 11 is 0. The Morgan fingerprint density at radius 3 is 2.96 bits per heavy atom. The smallest absolute Gasteiger partial charge is 0.233 e. The predicted molar refractivity (Wildman–Crippen MR) is 89.5 cm³/mol. The highest BCUT2D eigenvalue weighted by molar-refractivity contribution is 5.93. The number of imidazole rings is 1. The Morgan fingerprint density at radius 1 is 1.25 bits per heavy atom.